The normalized spacial score (nSPS) is 13.2. The highest BCUT2D eigenvalue weighted by atomic mass is 32.1. The first-order chi connectivity index (χ1) is 8.22. The Bertz CT molecular complexity index is 448. The lowest BCUT2D eigenvalue weighted by Crippen LogP contribution is -2.20. The molecule has 1 atom stereocenters. The number of nitrogens with zero attached hydrogens (tertiary/aromatic N) is 2. The maximum Gasteiger partial charge on any atom is 0.115 e. The molecule has 0 saturated heterocycles. The van der Waals surface area contributed by atoms with Crippen LogP contribution in [0.1, 0.15) is 21.6 Å². The minimum Gasteiger partial charge on any atom is -0.330 e. The van der Waals surface area contributed by atoms with Gasteiger partial charge in [0.05, 0.1) is 11.7 Å². The molecule has 0 aliphatic heterocycles. The fourth-order valence-corrected chi connectivity index (χ4v) is 3.82. The van der Waals surface area contributed by atoms with Gasteiger partial charge in [0.1, 0.15) is 5.01 Å². The number of thiophene rings is 1. The third-order valence-electron chi connectivity index (χ3n) is 2.53. The monoisotopic (exact) mass is 267 g/mol. The molecule has 0 radical (unpaired) electrons. The van der Waals surface area contributed by atoms with Crippen molar-refractivity contribution in [3.8, 4) is 0 Å². The first-order valence-corrected chi connectivity index (χ1v) is 7.32. The van der Waals surface area contributed by atoms with Crippen LogP contribution in [-0.4, -0.2) is 30.5 Å². The Labute approximate surface area is 110 Å². The Hall–Kier alpha value is -0.750. The predicted octanol–water partition coefficient (Wildman–Crippen LogP) is 2.36. The molecule has 2 aromatic heterocycles. The zero-order chi connectivity index (χ0) is 12.3. The van der Waals surface area contributed by atoms with Crippen LogP contribution in [0.2, 0.25) is 0 Å². The highest BCUT2D eigenvalue weighted by molar-refractivity contribution is 7.11. The van der Waals surface area contributed by atoms with Crippen molar-refractivity contribution >= 4 is 22.7 Å². The zero-order valence-electron chi connectivity index (χ0n) is 10.1. The van der Waals surface area contributed by atoms with Gasteiger partial charge in [0.25, 0.3) is 0 Å². The Kier molecular flexibility index (Phi) is 4.28. The van der Waals surface area contributed by atoms with Crippen LogP contribution in [0.25, 0.3) is 0 Å². The summed E-state index contributed by atoms with van der Waals surface area (Å²) in [7, 11) is 4.18. The topological polar surface area (TPSA) is 42.2 Å². The van der Waals surface area contributed by atoms with Gasteiger partial charge in [0.2, 0.25) is 0 Å². The second-order valence-corrected chi connectivity index (χ2v) is 5.97. The lowest BCUT2D eigenvalue weighted by molar-refractivity contribution is 0.345. The van der Waals surface area contributed by atoms with E-state index in [-0.39, 0.29) is 6.04 Å². The molecule has 1 unspecified atom stereocenters. The van der Waals surface area contributed by atoms with Gasteiger partial charge in [-0.15, -0.1) is 22.7 Å². The molecule has 0 saturated carbocycles. The van der Waals surface area contributed by atoms with Crippen molar-refractivity contribution in [3.63, 3.8) is 0 Å². The molecule has 2 rings (SSSR count). The Morgan fingerprint density at radius 3 is 2.82 bits per heavy atom. The summed E-state index contributed by atoms with van der Waals surface area (Å²) in [6.45, 7) is 0.662. The molecule has 0 aromatic carbocycles. The van der Waals surface area contributed by atoms with Crippen LogP contribution < -0.4 is 5.73 Å². The van der Waals surface area contributed by atoms with Gasteiger partial charge in [0.15, 0.2) is 0 Å². The summed E-state index contributed by atoms with van der Waals surface area (Å²) in [6, 6.07) is 4.52. The summed E-state index contributed by atoms with van der Waals surface area (Å²) in [6.07, 6.45) is 0.862. The van der Waals surface area contributed by atoms with Crippen molar-refractivity contribution < 1.29 is 0 Å². The molecule has 92 valence electrons. The number of hydrogen-bond donors (Lipinski definition) is 1. The Balaban J connectivity index is 2.26. The fourth-order valence-electron chi connectivity index (χ4n) is 1.75. The molecule has 0 amide bonds. The number of hydrogen-bond acceptors (Lipinski definition) is 5. The van der Waals surface area contributed by atoms with Gasteiger partial charge in [-0.05, 0) is 32.1 Å². The van der Waals surface area contributed by atoms with E-state index in [2.05, 4.69) is 46.9 Å². The minimum atomic E-state index is 0.270. The number of aromatic nitrogens is 1. The van der Waals surface area contributed by atoms with Crippen molar-refractivity contribution in [1.82, 2.24) is 9.88 Å². The molecular formula is C12H17N3S2. The van der Waals surface area contributed by atoms with E-state index in [9.17, 15) is 0 Å². The van der Waals surface area contributed by atoms with Crippen molar-refractivity contribution in [2.45, 2.75) is 12.5 Å². The van der Waals surface area contributed by atoms with E-state index in [0.29, 0.717) is 6.54 Å². The molecule has 0 spiro atoms. The van der Waals surface area contributed by atoms with Gasteiger partial charge < -0.3 is 5.73 Å². The summed E-state index contributed by atoms with van der Waals surface area (Å²) >= 11 is 3.50. The molecule has 0 bridgehead atoms. The van der Waals surface area contributed by atoms with Crippen LogP contribution in [0.15, 0.2) is 22.9 Å². The number of thiazole rings is 1. The van der Waals surface area contributed by atoms with Gasteiger partial charge in [-0.1, -0.05) is 6.07 Å². The number of nitrogens with two attached hydrogens (primary N) is 1. The summed E-state index contributed by atoms with van der Waals surface area (Å²) in [5.41, 5.74) is 6.66. The third kappa shape index (κ3) is 2.93. The van der Waals surface area contributed by atoms with Crippen LogP contribution in [0.5, 0.6) is 0 Å². The van der Waals surface area contributed by atoms with E-state index in [1.807, 2.05) is 0 Å². The average molecular weight is 267 g/mol. The molecule has 0 fully saturated rings. The van der Waals surface area contributed by atoms with Crippen molar-refractivity contribution in [2.75, 3.05) is 20.6 Å². The smallest absolute Gasteiger partial charge is 0.115 e. The molecule has 3 nitrogen and oxygen atoms in total. The fraction of sp³-hybridized carbons (Fsp3) is 0.417. The van der Waals surface area contributed by atoms with Gasteiger partial charge in [-0.3, -0.25) is 4.90 Å². The second-order valence-electron chi connectivity index (χ2n) is 4.10. The lowest BCUT2D eigenvalue weighted by atomic mass is 10.2. The van der Waals surface area contributed by atoms with E-state index in [1.54, 1.807) is 22.7 Å². The zero-order valence-corrected chi connectivity index (χ0v) is 11.7. The maximum absolute atomic E-state index is 5.56. The maximum atomic E-state index is 5.56. The quantitative estimate of drug-likeness (QED) is 0.904. The third-order valence-corrected chi connectivity index (χ3v) is 4.40. The van der Waals surface area contributed by atoms with Crippen LogP contribution in [0.3, 0.4) is 0 Å². The van der Waals surface area contributed by atoms with Crippen molar-refractivity contribution in [2.24, 2.45) is 5.73 Å². The van der Waals surface area contributed by atoms with Gasteiger partial charge >= 0.3 is 0 Å². The molecule has 5 heteroatoms. The molecule has 2 aromatic rings. The first kappa shape index (κ1) is 12.7. The van der Waals surface area contributed by atoms with Crippen LogP contribution in [0.4, 0.5) is 0 Å². The summed E-state index contributed by atoms with van der Waals surface area (Å²) < 4.78 is 0. The van der Waals surface area contributed by atoms with Gasteiger partial charge in [-0.2, -0.15) is 0 Å². The second kappa shape index (κ2) is 5.73. The lowest BCUT2D eigenvalue weighted by Gasteiger charge is -2.20. The van der Waals surface area contributed by atoms with E-state index in [1.165, 1.54) is 4.88 Å². The first-order valence-electron chi connectivity index (χ1n) is 5.56. The Morgan fingerprint density at radius 1 is 1.41 bits per heavy atom. The average Bonchev–Trinajstić information content (AvgIpc) is 2.91. The van der Waals surface area contributed by atoms with E-state index < -0.39 is 0 Å². The summed E-state index contributed by atoms with van der Waals surface area (Å²) in [5, 5.41) is 5.38. The highest BCUT2D eigenvalue weighted by Gasteiger charge is 2.20. The van der Waals surface area contributed by atoms with Crippen molar-refractivity contribution in [3.05, 3.63) is 38.5 Å². The largest absolute Gasteiger partial charge is 0.330 e. The summed E-state index contributed by atoms with van der Waals surface area (Å²) in [5.74, 6) is 0. The van der Waals surface area contributed by atoms with E-state index in [4.69, 9.17) is 5.73 Å². The summed E-state index contributed by atoms with van der Waals surface area (Å²) in [4.78, 5) is 8.22. The highest BCUT2D eigenvalue weighted by Crippen LogP contribution is 2.31. The molecular weight excluding hydrogens is 250 g/mol. The molecule has 2 heterocycles. The minimum absolute atomic E-state index is 0.270. The number of rotatable bonds is 5. The molecule has 2 N–H and O–H groups in total. The predicted molar refractivity (Wildman–Crippen MR) is 74.7 cm³/mol. The van der Waals surface area contributed by atoms with Gasteiger partial charge in [0, 0.05) is 16.7 Å². The van der Waals surface area contributed by atoms with Crippen LogP contribution in [-0.2, 0) is 6.42 Å². The van der Waals surface area contributed by atoms with Gasteiger partial charge in [-0.25, -0.2) is 4.98 Å². The standard InChI is InChI=1S/C12H17N3S2/c1-15(2)11(10-4-3-7-16-10)12-14-9(5-6-13)8-17-12/h3-4,7-8,11H,5-6,13H2,1-2H3. The van der Waals surface area contributed by atoms with E-state index >= 15 is 0 Å². The van der Waals surface area contributed by atoms with Crippen LogP contribution in [0, 0.1) is 0 Å². The van der Waals surface area contributed by atoms with Crippen molar-refractivity contribution in [1.29, 1.82) is 0 Å². The molecule has 0 aliphatic rings. The Morgan fingerprint density at radius 2 is 2.24 bits per heavy atom. The molecule has 17 heavy (non-hydrogen) atoms. The van der Waals surface area contributed by atoms with Crippen LogP contribution >= 0.6 is 22.7 Å². The SMILES string of the molecule is CN(C)C(c1cccs1)c1nc(CCN)cs1. The van der Waals surface area contributed by atoms with E-state index in [0.717, 1.165) is 17.1 Å². The molecule has 0 aliphatic carbocycles.